The molecule has 0 aliphatic carbocycles. The van der Waals surface area contributed by atoms with E-state index in [9.17, 15) is 14.4 Å². The number of carbonyl (C=O) groups excluding carboxylic acids is 3. The zero-order chi connectivity index (χ0) is 14.3. The summed E-state index contributed by atoms with van der Waals surface area (Å²) in [5.41, 5.74) is 4.86. The number of nitrogens with two attached hydrogens (primary N) is 1. The summed E-state index contributed by atoms with van der Waals surface area (Å²) >= 11 is 0. The molecular formula is C12H23N3O3. The third kappa shape index (κ3) is 4.44. The van der Waals surface area contributed by atoms with E-state index in [1.54, 1.807) is 6.92 Å². The molecule has 0 atom stereocenters. The van der Waals surface area contributed by atoms with Crippen molar-refractivity contribution < 1.29 is 14.4 Å². The van der Waals surface area contributed by atoms with Gasteiger partial charge in [-0.25, -0.2) is 0 Å². The topological polar surface area (TPSA) is 83.7 Å². The van der Waals surface area contributed by atoms with Gasteiger partial charge in [0.05, 0.1) is 0 Å². The Bertz CT molecular complexity index is 310. The van der Waals surface area contributed by atoms with Crippen LogP contribution in [0.3, 0.4) is 0 Å². The van der Waals surface area contributed by atoms with Crippen LogP contribution in [0.25, 0.3) is 0 Å². The molecule has 3 amide bonds. The molecule has 0 rings (SSSR count). The maximum atomic E-state index is 12.0. The minimum absolute atomic E-state index is 0.173. The van der Waals surface area contributed by atoms with Gasteiger partial charge in [0.25, 0.3) is 0 Å². The lowest BCUT2D eigenvalue weighted by Crippen LogP contribution is -2.52. The Morgan fingerprint density at radius 2 is 1.78 bits per heavy atom. The standard InChI is InChI=1S/C12H23N3O3/c1-5-15(12(2,3)4)11(18)10(17)14(9-16)8-6-7-13/h9H,5-8,13H2,1-4H3. The number of hydrogen-bond donors (Lipinski definition) is 1. The van der Waals surface area contributed by atoms with Crippen LogP contribution in [0.2, 0.25) is 0 Å². The van der Waals surface area contributed by atoms with Crippen LogP contribution in [0.15, 0.2) is 0 Å². The highest BCUT2D eigenvalue weighted by atomic mass is 16.2. The lowest BCUT2D eigenvalue weighted by atomic mass is 10.1. The highest BCUT2D eigenvalue weighted by molar-refractivity contribution is 6.36. The molecule has 0 bridgehead atoms. The van der Waals surface area contributed by atoms with Gasteiger partial charge in [-0.15, -0.1) is 0 Å². The Morgan fingerprint density at radius 3 is 2.11 bits per heavy atom. The minimum atomic E-state index is -0.796. The number of carbonyl (C=O) groups is 3. The number of amides is 3. The molecule has 0 aliphatic heterocycles. The summed E-state index contributed by atoms with van der Waals surface area (Å²) < 4.78 is 0. The van der Waals surface area contributed by atoms with Gasteiger partial charge in [-0.1, -0.05) is 0 Å². The van der Waals surface area contributed by atoms with Gasteiger partial charge in [0.15, 0.2) is 0 Å². The first-order valence-corrected chi connectivity index (χ1v) is 6.07. The van der Waals surface area contributed by atoms with Crippen LogP contribution < -0.4 is 5.73 Å². The van der Waals surface area contributed by atoms with Gasteiger partial charge in [0, 0.05) is 18.6 Å². The van der Waals surface area contributed by atoms with Gasteiger partial charge in [-0.2, -0.15) is 0 Å². The second kappa shape index (κ2) is 7.10. The van der Waals surface area contributed by atoms with E-state index in [1.807, 2.05) is 20.8 Å². The summed E-state index contributed by atoms with van der Waals surface area (Å²) in [6.07, 6.45) is 0.867. The number of likely N-dealkylation sites (N-methyl/N-ethyl adjacent to an activating group) is 1. The number of rotatable bonds is 5. The number of imide groups is 1. The van der Waals surface area contributed by atoms with Gasteiger partial charge in [-0.3, -0.25) is 19.3 Å². The molecule has 0 fully saturated rings. The molecule has 6 heteroatoms. The first-order valence-electron chi connectivity index (χ1n) is 6.07. The molecule has 0 aromatic carbocycles. The van der Waals surface area contributed by atoms with Crippen molar-refractivity contribution in [2.75, 3.05) is 19.6 Å². The Kier molecular flexibility index (Phi) is 6.54. The van der Waals surface area contributed by atoms with Crippen molar-refractivity contribution in [1.29, 1.82) is 0 Å². The predicted molar refractivity (Wildman–Crippen MR) is 68.6 cm³/mol. The van der Waals surface area contributed by atoms with Gasteiger partial charge in [0.2, 0.25) is 6.41 Å². The molecular weight excluding hydrogens is 234 g/mol. The minimum Gasteiger partial charge on any atom is -0.330 e. The highest BCUT2D eigenvalue weighted by Crippen LogP contribution is 2.13. The molecule has 0 aliphatic rings. The van der Waals surface area contributed by atoms with E-state index in [0.29, 0.717) is 25.9 Å². The molecule has 0 saturated carbocycles. The van der Waals surface area contributed by atoms with Crippen molar-refractivity contribution in [2.24, 2.45) is 5.73 Å². The van der Waals surface area contributed by atoms with Crippen LogP contribution in [0.1, 0.15) is 34.1 Å². The fourth-order valence-corrected chi connectivity index (χ4v) is 1.62. The number of nitrogens with zero attached hydrogens (tertiary/aromatic N) is 2. The first-order chi connectivity index (χ1) is 8.29. The third-order valence-corrected chi connectivity index (χ3v) is 2.55. The van der Waals surface area contributed by atoms with E-state index >= 15 is 0 Å². The average Bonchev–Trinajstić information content (AvgIpc) is 2.28. The lowest BCUT2D eigenvalue weighted by molar-refractivity contribution is -0.156. The van der Waals surface area contributed by atoms with Crippen LogP contribution in [0, 0.1) is 0 Å². The van der Waals surface area contributed by atoms with E-state index in [2.05, 4.69) is 0 Å². The SMILES string of the molecule is CCN(C(=O)C(=O)N(C=O)CCCN)C(C)(C)C. The lowest BCUT2D eigenvalue weighted by Gasteiger charge is -2.34. The van der Waals surface area contributed by atoms with E-state index in [1.165, 1.54) is 4.90 Å². The van der Waals surface area contributed by atoms with Crippen molar-refractivity contribution in [3.63, 3.8) is 0 Å². The average molecular weight is 257 g/mol. The maximum Gasteiger partial charge on any atom is 0.318 e. The van der Waals surface area contributed by atoms with Crippen LogP contribution in [0.5, 0.6) is 0 Å². The molecule has 0 aromatic heterocycles. The van der Waals surface area contributed by atoms with Gasteiger partial charge in [0.1, 0.15) is 0 Å². The van der Waals surface area contributed by atoms with Gasteiger partial charge in [-0.05, 0) is 40.7 Å². The fraction of sp³-hybridized carbons (Fsp3) is 0.750. The second-order valence-electron chi connectivity index (χ2n) is 4.97. The monoisotopic (exact) mass is 257 g/mol. The second-order valence-corrected chi connectivity index (χ2v) is 4.97. The zero-order valence-corrected chi connectivity index (χ0v) is 11.6. The summed E-state index contributed by atoms with van der Waals surface area (Å²) in [5.74, 6) is -1.45. The van der Waals surface area contributed by atoms with E-state index in [-0.39, 0.29) is 6.54 Å². The zero-order valence-electron chi connectivity index (χ0n) is 11.6. The van der Waals surface area contributed by atoms with E-state index in [4.69, 9.17) is 5.73 Å². The molecule has 0 aromatic rings. The predicted octanol–water partition coefficient (Wildman–Crippen LogP) is -0.0328. The Morgan fingerprint density at radius 1 is 1.22 bits per heavy atom. The number of hydrogen-bond acceptors (Lipinski definition) is 4. The van der Waals surface area contributed by atoms with Crippen LogP contribution in [0.4, 0.5) is 0 Å². The molecule has 0 radical (unpaired) electrons. The summed E-state index contributed by atoms with van der Waals surface area (Å²) in [5, 5.41) is 0. The molecule has 0 heterocycles. The smallest absolute Gasteiger partial charge is 0.318 e. The van der Waals surface area contributed by atoms with E-state index in [0.717, 1.165) is 4.90 Å². The molecule has 6 nitrogen and oxygen atoms in total. The Hall–Kier alpha value is -1.43. The molecule has 18 heavy (non-hydrogen) atoms. The van der Waals surface area contributed by atoms with Crippen molar-refractivity contribution in [3.05, 3.63) is 0 Å². The van der Waals surface area contributed by atoms with Crippen LogP contribution in [-0.4, -0.2) is 53.2 Å². The Labute approximate surface area is 108 Å². The van der Waals surface area contributed by atoms with Crippen LogP contribution >= 0.6 is 0 Å². The summed E-state index contributed by atoms with van der Waals surface area (Å²) in [7, 11) is 0. The molecule has 0 saturated heterocycles. The van der Waals surface area contributed by atoms with Crippen molar-refractivity contribution in [2.45, 2.75) is 39.7 Å². The normalized spacial score (nSPS) is 10.9. The summed E-state index contributed by atoms with van der Waals surface area (Å²) in [6, 6.07) is 0. The summed E-state index contributed by atoms with van der Waals surface area (Å²) in [4.78, 5) is 37.0. The fourth-order valence-electron chi connectivity index (χ4n) is 1.62. The highest BCUT2D eigenvalue weighted by Gasteiger charge is 2.32. The largest absolute Gasteiger partial charge is 0.330 e. The van der Waals surface area contributed by atoms with Gasteiger partial charge >= 0.3 is 11.8 Å². The van der Waals surface area contributed by atoms with Crippen molar-refractivity contribution in [1.82, 2.24) is 9.80 Å². The summed E-state index contributed by atoms with van der Waals surface area (Å²) in [6.45, 7) is 8.26. The molecule has 0 unspecified atom stereocenters. The molecule has 2 N–H and O–H groups in total. The molecule has 104 valence electrons. The van der Waals surface area contributed by atoms with Crippen LogP contribution in [-0.2, 0) is 14.4 Å². The Balaban J connectivity index is 4.84. The third-order valence-electron chi connectivity index (χ3n) is 2.55. The van der Waals surface area contributed by atoms with Crippen molar-refractivity contribution >= 4 is 18.2 Å². The molecule has 0 spiro atoms. The quantitative estimate of drug-likeness (QED) is 0.553. The first kappa shape index (κ1) is 16.6. The van der Waals surface area contributed by atoms with Crippen molar-refractivity contribution in [3.8, 4) is 0 Å². The van der Waals surface area contributed by atoms with E-state index < -0.39 is 17.4 Å². The maximum absolute atomic E-state index is 12.0. The van der Waals surface area contributed by atoms with Gasteiger partial charge < -0.3 is 10.6 Å².